The highest BCUT2D eigenvalue weighted by Gasteiger charge is 2.10. The van der Waals surface area contributed by atoms with E-state index in [4.69, 9.17) is 0 Å². The Bertz CT molecular complexity index is 380. The van der Waals surface area contributed by atoms with Gasteiger partial charge in [0.1, 0.15) is 5.82 Å². The average Bonchev–Trinajstić information content (AvgIpc) is 2.17. The van der Waals surface area contributed by atoms with Crippen LogP contribution in [-0.2, 0) is 0 Å². The zero-order chi connectivity index (χ0) is 11.3. The van der Waals surface area contributed by atoms with Crippen LogP contribution in [0.3, 0.4) is 0 Å². The molecule has 1 amide bonds. The molecule has 0 spiro atoms. The van der Waals surface area contributed by atoms with Crippen LogP contribution in [-0.4, -0.2) is 19.0 Å². The van der Waals surface area contributed by atoms with Crippen molar-refractivity contribution in [1.29, 1.82) is 0 Å². The molecule has 5 heteroatoms. The molecule has 0 aliphatic rings. The van der Waals surface area contributed by atoms with Crippen LogP contribution in [0, 0.1) is 17.6 Å². The van der Waals surface area contributed by atoms with Crippen molar-refractivity contribution >= 4 is 5.91 Å². The summed E-state index contributed by atoms with van der Waals surface area (Å²) in [6, 6.07) is 4.34. The van der Waals surface area contributed by atoms with Crippen LogP contribution >= 0.6 is 0 Å². The molecule has 0 saturated heterocycles. The smallest absolute Gasteiger partial charge is 0.254 e. The predicted molar refractivity (Wildman–Crippen MR) is 54.1 cm³/mol. The standard InChI is InChI=1S/C10H11FN2O2/c1-7-2-3-8(9(11)6-7)10(14)12-4-5-13-15/h2-3,6H,4-5H2,1H3,(H,12,14). The van der Waals surface area contributed by atoms with E-state index in [1.54, 1.807) is 13.0 Å². The van der Waals surface area contributed by atoms with Crippen molar-refractivity contribution in [2.75, 3.05) is 13.1 Å². The lowest BCUT2D eigenvalue weighted by molar-refractivity contribution is 0.0951. The Hall–Kier alpha value is -1.78. The van der Waals surface area contributed by atoms with E-state index in [9.17, 15) is 14.1 Å². The van der Waals surface area contributed by atoms with Crippen molar-refractivity contribution in [3.8, 4) is 0 Å². The summed E-state index contributed by atoms with van der Waals surface area (Å²) in [4.78, 5) is 21.1. The predicted octanol–water partition coefficient (Wildman–Crippen LogP) is 1.63. The summed E-state index contributed by atoms with van der Waals surface area (Å²) in [5, 5.41) is 4.97. The largest absolute Gasteiger partial charge is 0.350 e. The van der Waals surface area contributed by atoms with Crippen LogP contribution in [0.2, 0.25) is 0 Å². The number of nitrogens with zero attached hydrogens (tertiary/aromatic N) is 1. The summed E-state index contributed by atoms with van der Waals surface area (Å²) >= 11 is 0. The summed E-state index contributed by atoms with van der Waals surface area (Å²) in [6.07, 6.45) is 0. The highest BCUT2D eigenvalue weighted by atomic mass is 19.1. The lowest BCUT2D eigenvalue weighted by atomic mass is 10.1. The minimum Gasteiger partial charge on any atom is -0.350 e. The molecule has 4 nitrogen and oxygen atoms in total. The summed E-state index contributed by atoms with van der Waals surface area (Å²) in [5.41, 5.74) is 0.727. The quantitative estimate of drug-likeness (QED) is 0.606. The molecule has 0 aromatic heterocycles. The van der Waals surface area contributed by atoms with E-state index < -0.39 is 11.7 Å². The Labute approximate surface area is 86.5 Å². The molecule has 1 rings (SSSR count). The van der Waals surface area contributed by atoms with Gasteiger partial charge in [0.2, 0.25) is 0 Å². The normalized spacial score (nSPS) is 9.73. The van der Waals surface area contributed by atoms with E-state index >= 15 is 0 Å². The molecular weight excluding hydrogens is 199 g/mol. The lowest BCUT2D eigenvalue weighted by Crippen LogP contribution is -2.26. The van der Waals surface area contributed by atoms with E-state index in [0.29, 0.717) is 0 Å². The molecule has 0 bridgehead atoms. The van der Waals surface area contributed by atoms with Gasteiger partial charge in [0.15, 0.2) is 0 Å². The second-order valence-corrected chi connectivity index (χ2v) is 3.09. The van der Waals surface area contributed by atoms with E-state index in [0.717, 1.165) is 5.56 Å². The topological polar surface area (TPSA) is 58.5 Å². The van der Waals surface area contributed by atoms with Gasteiger partial charge in [-0.1, -0.05) is 11.2 Å². The van der Waals surface area contributed by atoms with Crippen molar-refractivity contribution in [3.63, 3.8) is 0 Å². The molecule has 80 valence electrons. The number of halogens is 1. The number of nitroso groups, excluding NO2 is 1. The van der Waals surface area contributed by atoms with Crippen molar-refractivity contribution in [2.45, 2.75) is 6.92 Å². The van der Waals surface area contributed by atoms with E-state index in [1.165, 1.54) is 12.1 Å². The second-order valence-electron chi connectivity index (χ2n) is 3.09. The van der Waals surface area contributed by atoms with Gasteiger partial charge in [-0.25, -0.2) is 4.39 Å². The third-order valence-electron chi connectivity index (χ3n) is 1.86. The van der Waals surface area contributed by atoms with Gasteiger partial charge in [0.05, 0.1) is 12.1 Å². The molecule has 1 aromatic carbocycles. The number of carbonyl (C=O) groups is 1. The first kappa shape index (κ1) is 11.3. The van der Waals surface area contributed by atoms with Crippen LogP contribution in [0.1, 0.15) is 15.9 Å². The molecule has 15 heavy (non-hydrogen) atoms. The Balaban J connectivity index is 2.69. The number of hydrogen-bond acceptors (Lipinski definition) is 3. The van der Waals surface area contributed by atoms with Crippen LogP contribution in [0.5, 0.6) is 0 Å². The Morgan fingerprint density at radius 1 is 1.53 bits per heavy atom. The van der Waals surface area contributed by atoms with E-state index in [1.807, 2.05) is 0 Å². The van der Waals surface area contributed by atoms with Gasteiger partial charge in [-0.2, -0.15) is 4.91 Å². The van der Waals surface area contributed by atoms with Crippen LogP contribution in [0.4, 0.5) is 4.39 Å². The van der Waals surface area contributed by atoms with Crippen LogP contribution in [0.15, 0.2) is 23.4 Å². The first-order chi connectivity index (χ1) is 7.15. The number of hydrogen-bond donors (Lipinski definition) is 1. The SMILES string of the molecule is Cc1ccc(C(=O)NCCN=O)c(F)c1. The minimum absolute atomic E-state index is 0.0147. The Morgan fingerprint density at radius 2 is 2.27 bits per heavy atom. The maximum atomic E-state index is 13.3. The molecule has 0 fully saturated rings. The number of nitrogens with one attached hydrogen (secondary N) is 1. The molecule has 0 aliphatic carbocycles. The third-order valence-corrected chi connectivity index (χ3v) is 1.86. The van der Waals surface area contributed by atoms with E-state index in [2.05, 4.69) is 10.5 Å². The maximum Gasteiger partial charge on any atom is 0.254 e. The highest BCUT2D eigenvalue weighted by Crippen LogP contribution is 2.09. The zero-order valence-electron chi connectivity index (χ0n) is 8.29. The Kier molecular flexibility index (Phi) is 3.91. The molecule has 0 atom stereocenters. The monoisotopic (exact) mass is 210 g/mol. The molecule has 0 saturated carbocycles. The Morgan fingerprint density at radius 3 is 2.87 bits per heavy atom. The fraction of sp³-hybridized carbons (Fsp3) is 0.300. The lowest BCUT2D eigenvalue weighted by Gasteiger charge is -2.04. The maximum absolute atomic E-state index is 13.3. The summed E-state index contributed by atoms with van der Waals surface area (Å²) in [6.45, 7) is 1.84. The number of benzene rings is 1. The molecular formula is C10H11FN2O2. The molecule has 1 aromatic rings. The van der Waals surface area contributed by atoms with Gasteiger partial charge in [-0.15, -0.1) is 0 Å². The van der Waals surface area contributed by atoms with Crippen molar-refractivity contribution in [1.82, 2.24) is 5.32 Å². The van der Waals surface area contributed by atoms with Gasteiger partial charge < -0.3 is 5.32 Å². The van der Waals surface area contributed by atoms with Gasteiger partial charge in [0, 0.05) is 6.54 Å². The molecule has 0 unspecified atom stereocenters. The van der Waals surface area contributed by atoms with Gasteiger partial charge in [-0.05, 0) is 24.6 Å². The number of rotatable bonds is 4. The number of carbonyl (C=O) groups excluding carboxylic acids is 1. The fourth-order valence-electron chi connectivity index (χ4n) is 1.11. The molecule has 1 N–H and O–H groups in total. The summed E-state index contributed by atoms with van der Waals surface area (Å²) < 4.78 is 13.3. The first-order valence-corrected chi connectivity index (χ1v) is 4.48. The first-order valence-electron chi connectivity index (χ1n) is 4.48. The second kappa shape index (κ2) is 5.19. The van der Waals surface area contributed by atoms with Crippen molar-refractivity contribution < 1.29 is 9.18 Å². The van der Waals surface area contributed by atoms with Crippen molar-refractivity contribution in [2.24, 2.45) is 5.18 Å². The summed E-state index contributed by atoms with van der Waals surface area (Å²) in [5.74, 6) is -1.09. The number of amides is 1. The van der Waals surface area contributed by atoms with E-state index in [-0.39, 0.29) is 18.7 Å². The molecule has 0 aliphatic heterocycles. The highest BCUT2D eigenvalue weighted by molar-refractivity contribution is 5.94. The van der Waals surface area contributed by atoms with Gasteiger partial charge in [0.25, 0.3) is 5.91 Å². The molecule has 0 radical (unpaired) electrons. The van der Waals surface area contributed by atoms with Gasteiger partial charge in [-0.3, -0.25) is 4.79 Å². The van der Waals surface area contributed by atoms with Crippen molar-refractivity contribution in [3.05, 3.63) is 40.1 Å². The zero-order valence-corrected chi connectivity index (χ0v) is 8.29. The summed E-state index contributed by atoms with van der Waals surface area (Å²) in [7, 11) is 0. The average molecular weight is 210 g/mol. The van der Waals surface area contributed by atoms with Crippen LogP contribution < -0.4 is 5.32 Å². The number of aryl methyl sites for hydroxylation is 1. The minimum atomic E-state index is -0.563. The van der Waals surface area contributed by atoms with Crippen LogP contribution in [0.25, 0.3) is 0 Å². The van der Waals surface area contributed by atoms with Gasteiger partial charge >= 0.3 is 0 Å². The third kappa shape index (κ3) is 3.12. The fourth-order valence-corrected chi connectivity index (χ4v) is 1.11. The molecule has 0 heterocycles.